The van der Waals surface area contributed by atoms with Crippen LogP contribution in [0, 0.1) is 0 Å². The molecule has 0 saturated heterocycles. The molecule has 1 rings (SSSR count). The van der Waals surface area contributed by atoms with E-state index >= 15 is 0 Å². The van der Waals surface area contributed by atoms with E-state index in [9.17, 15) is 4.39 Å². The molecule has 5 heteroatoms. The third kappa shape index (κ3) is 4.36. The van der Waals surface area contributed by atoms with E-state index in [4.69, 9.17) is 0 Å². The lowest BCUT2D eigenvalue weighted by Crippen LogP contribution is -3.00. The van der Waals surface area contributed by atoms with E-state index in [0.29, 0.717) is 6.54 Å². The van der Waals surface area contributed by atoms with E-state index < -0.39 is 0 Å². The second kappa shape index (κ2) is 7.00. The maximum Gasteiger partial charge on any atom is 0.265 e. The van der Waals surface area contributed by atoms with Gasteiger partial charge in [0.05, 0.1) is 6.54 Å². The monoisotopic (exact) mass is 251 g/mol. The second-order valence-corrected chi connectivity index (χ2v) is 2.79. The molecule has 0 atom stereocenters. The lowest BCUT2D eigenvalue weighted by Gasteiger charge is -1.89. The van der Waals surface area contributed by atoms with Crippen LogP contribution in [0.25, 0.3) is 0 Å². The van der Waals surface area contributed by atoms with Gasteiger partial charge in [-0.15, -0.1) is 4.68 Å². The number of hydrogen-bond acceptors (Lipinski definition) is 1. The Kier molecular flexibility index (Phi) is 6.76. The molecule has 0 aromatic carbocycles. The number of hydrogen-bond donors (Lipinski definition) is 0. The Morgan fingerprint density at radius 3 is 2.92 bits per heavy atom. The van der Waals surface area contributed by atoms with Crippen molar-refractivity contribution in [2.75, 3.05) is 6.67 Å². The maximum absolute atomic E-state index is 11.9. The average Bonchev–Trinajstić information content (AvgIpc) is 2.50. The molecule has 1 aromatic heterocycles. The summed E-state index contributed by atoms with van der Waals surface area (Å²) in [4.78, 5) is 0. The van der Waals surface area contributed by atoms with Crippen LogP contribution in [0.3, 0.4) is 0 Å². The molecule has 0 aliphatic heterocycles. The summed E-state index contributed by atoms with van der Waals surface area (Å²) in [6.45, 7) is 3.14. The van der Waals surface area contributed by atoms with E-state index in [1.54, 1.807) is 10.9 Å². The van der Waals surface area contributed by atoms with Crippen molar-refractivity contribution in [3.63, 3.8) is 0 Å². The number of alkyl halides is 1. The highest BCUT2D eigenvalue weighted by molar-refractivity contribution is 4.46. The molecule has 0 bridgehead atoms. The summed E-state index contributed by atoms with van der Waals surface area (Å²) in [5, 5.41) is 4.09. The smallest absolute Gasteiger partial charge is 0.265 e. The van der Waals surface area contributed by atoms with Gasteiger partial charge in [-0.1, -0.05) is 13.3 Å². The van der Waals surface area contributed by atoms with Gasteiger partial charge in [0.2, 0.25) is 6.33 Å². The Hall–Kier alpha value is -0.450. The number of nitrogens with zero attached hydrogens (tertiary/aromatic N) is 3. The molecular weight excluding hydrogens is 237 g/mol. The number of rotatable bonds is 5. The van der Waals surface area contributed by atoms with Crippen molar-refractivity contribution in [2.24, 2.45) is 0 Å². The highest BCUT2D eigenvalue weighted by Gasteiger charge is 2.03. The Bertz CT molecular complexity index is 227. The first-order valence-corrected chi connectivity index (χ1v) is 4.34. The lowest BCUT2D eigenvalue weighted by molar-refractivity contribution is -0.697. The van der Waals surface area contributed by atoms with Gasteiger partial charge >= 0.3 is 0 Å². The standard InChI is InChI=1S/C8H15FN3.BrH/c1-2-3-5-12-8-11(6-4-9)7-10-12;/h7-8H,2-6H2,1H3;1H/q+1;/p-1. The van der Waals surface area contributed by atoms with Crippen LogP contribution in [0.2, 0.25) is 0 Å². The van der Waals surface area contributed by atoms with Crippen LogP contribution >= 0.6 is 0 Å². The van der Waals surface area contributed by atoms with Gasteiger partial charge in [-0.25, -0.2) is 8.96 Å². The molecule has 76 valence electrons. The largest absolute Gasteiger partial charge is 1.00 e. The highest BCUT2D eigenvalue weighted by Crippen LogP contribution is 1.89. The van der Waals surface area contributed by atoms with E-state index in [-0.39, 0.29) is 23.7 Å². The summed E-state index contributed by atoms with van der Waals surface area (Å²) in [6, 6.07) is 0. The van der Waals surface area contributed by atoms with E-state index in [2.05, 4.69) is 12.0 Å². The number of unbranched alkanes of at least 4 members (excludes halogenated alkanes) is 1. The first-order valence-electron chi connectivity index (χ1n) is 4.34. The Morgan fingerprint density at radius 2 is 2.31 bits per heavy atom. The van der Waals surface area contributed by atoms with Crippen LogP contribution in [-0.2, 0) is 13.1 Å². The zero-order valence-corrected chi connectivity index (χ0v) is 9.37. The molecule has 0 unspecified atom stereocenters. The van der Waals surface area contributed by atoms with Gasteiger partial charge in [0.15, 0.2) is 0 Å². The van der Waals surface area contributed by atoms with Crippen LogP contribution in [-0.4, -0.2) is 16.5 Å². The topological polar surface area (TPSA) is 21.7 Å². The van der Waals surface area contributed by atoms with Crippen molar-refractivity contribution < 1.29 is 25.9 Å². The van der Waals surface area contributed by atoms with Crippen LogP contribution in [0.1, 0.15) is 19.8 Å². The summed E-state index contributed by atoms with van der Waals surface area (Å²) in [5.41, 5.74) is 0. The first-order chi connectivity index (χ1) is 5.86. The molecule has 0 aliphatic rings. The normalized spacial score (nSPS) is 9.69. The second-order valence-electron chi connectivity index (χ2n) is 2.79. The Balaban J connectivity index is 0.00000144. The number of aryl methyl sites for hydroxylation is 2. The molecule has 0 radical (unpaired) electrons. The predicted octanol–water partition coefficient (Wildman–Crippen LogP) is -2.06. The van der Waals surface area contributed by atoms with E-state index in [1.165, 1.54) is 0 Å². The quantitative estimate of drug-likeness (QED) is 0.552. The minimum absolute atomic E-state index is 0. The molecular formula is C8H15BrFN3. The predicted molar refractivity (Wildman–Crippen MR) is 43.3 cm³/mol. The van der Waals surface area contributed by atoms with Gasteiger partial charge < -0.3 is 17.0 Å². The Morgan fingerprint density at radius 1 is 1.54 bits per heavy atom. The van der Waals surface area contributed by atoms with Crippen molar-refractivity contribution in [3.05, 3.63) is 12.7 Å². The third-order valence-electron chi connectivity index (χ3n) is 1.71. The minimum Gasteiger partial charge on any atom is -1.00 e. The van der Waals surface area contributed by atoms with Crippen LogP contribution in [0.4, 0.5) is 4.39 Å². The fourth-order valence-corrected chi connectivity index (χ4v) is 1.01. The fourth-order valence-electron chi connectivity index (χ4n) is 1.01. The van der Waals surface area contributed by atoms with Gasteiger partial charge in [0.1, 0.15) is 13.2 Å². The van der Waals surface area contributed by atoms with E-state index in [1.807, 2.05) is 11.0 Å². The minimum atomic E-state index is -0.329. The lowest BCUT2D eigenvalue weighted by atomic mass is 10.3. The Labute approximate surface area is 88.3 Å². The molecule has 0 N–H and O–H groups in total. The number of aromatic nitrogens is 3. The molecule has 0 amide bonds. The average molecular weight is 252 g/mol. The maximum atomic E-state index is 11.9. The molecule has 0 saturated carbocycles. The molecule has 3 nitrogen and oxygen atoms in total. The van der Waals surface area contributed by atoms with Crippen molar-refractivity contribution in [1.82, 2.24) is 9.78 Å². The van der Waals surface area contributed by atoms with Gasteiger partial charge in [-0.3, -0.25) is 0 Å². The summed E-state index contributed by atoms with van der Waals surface area (Å²) in [6.07, 6.45) is 5.78. The highest BCUT2D eigenvalue weighted by atomic mass is 79.9. The van der Waals surface area contributed by atoms with Gasteiger partial charge in [-0.2, -0.15) is 0 Å². The molecule has 1 aromatic rings. The molecule has 0 spiro atoms. The third-order valence-corrected chi connectivity index (χ3v) is 1.71. The molecule has 0 fully saturated rings. The van der Waals surface area contributed by atoms with Crippen molar-refractivity contribution in [2.45, 2.75) is 32.9 Å². The number of halogens is 2. The molecule has 0 aliphatic carbocycles. The summed E-state index contributed by atoms with van der Waals surface area (Å²) in [7, 11) is 0. The van der Waals surface area contributed by atoms with Gasteiger partial charge in [0.25, 0.3) is 6.33 Å². The fraction of sp³-hybridized carbons (Fsp3) is 0.750. The molecule has 13 heavy (non-hydrogen) atoms. The van der Waals surface area contributed by atoms with Crippen molar-refractivity contribution in [1.29, 1.82) is 0 Å². The summed E-state index contributed by atoms with van der Waals surface area (Å²) >= 11 is 0. The summed E-state index contributed by atoms with van der Waals surface area (Å²) in [5.74, 6) is 0. The SMILES string of the molecule is CCCCn1c[n+](CCF)cn1.[Br-]. The van der Waals surface area contributed by atoms with Crippen molar-refractivity contribution >= 4 is 0 Å². The zero-order valence-electron chi connectivity index (χ0n) is 7.79. The van der Waals surface area contributed by atoms with Crippen LogP contribution in [0.5, 0.6) is 0 Å². The van der Waals surface area contributed by atoms with Crippen molar-refractivity contribution in [3.8, 4) is 0 Å². The summed E-state index contributed by atoms with van der Waals surface area (Å²) < 4.78 is 15.5. The molecule has 1 heterocycles. The zero-order chi connectivity index (χ0) is 8.81. The van der Waals surface area contributed by atoms with Crippen LogP contribution < -0.4 is 21.5 Å². The first kappa shape index (κ1) is 12.6. The van der Waals surface area contributed by atoms with Crippen LogP contribution in [0.15, 0.2) is 12.7 Å². The van der Waals surface area contributed by atoms with Gasteiger partial charge in [0, 0.05) is 5.10 Å². The van der Waals surface area contributed by atoms with Gasteiger partial charge in [-0.05, 0) is 6.42 Å². The van der Waals surface area contributed by atoms with E-state index in [0.717, 1.165) is 19.4 Å².